The van der Waals surface area contributed by atoms with E-state index < -0.39 is 175 Å². The Balaban J connectivity index is 2.24. The quantitative estimate of drug-likeness (QED) is 0.0325. The van der Waals surface area contributed by atoms with Gasteiger partial charge in [-0.05, 0) is 57.6 Å². The number of primary amides is 3. The Bertz CT molecular complexity index is 2410. The molecule has 20 N–H and O–H groups in total. The van der Waals surface area contributed by atoms with E-state index in [9.17, 15) is 77.6 Å². The molecule has 0 saturated carbocycles. The summed E-state index contributed by atoms with van der Waals surface area (Å²) in [6.45, 7) is 6.44. The molecule has 0 radical (unpaired) electrons. The average molecular weight is 1050 g/mol. The third-order valence-corrected chi connectivity index (χ3v) is 11.2. The van der Waals surface area contributed by atoms with Crippen LogP contribution >= 0.6 is 0 Å². The molecule has 0 saturated heterocycles. The summed E-state index contributed by atoms with van der Waals surface area (Å²) in [5.41, 5.74) is 22.7. The predicted molar refractivity (Wildman–Crippen MR) is 258 cm³/mol. The molecule has 2 aromatic rings. The summed E-state index contributed by atoms with van der Waals surface area (Å²) in [5, 5.41) is 48.9. The molecule has 29 nitrogen and oxygen atoms in total. The number of benzene rings is 1. The molecule has 74 heavy (non-hydrogen) atoms. The van der Waals surface area contributed by atoms with Crippen molar-refractivity contribution in [3.05, 3.63) is 36.0 Å². The zero-order chi connectivity index (χ0) is 56.1. The summed E-state index contributed by atoms with van der Waals surface area (Å²) in [4.78, 5) is 169. The number of nitrogens with two attached hydrogens (primary N) is 4. The van der Waals surface area contributed by atoms with Crippen molar-refractivity contribution >= 4 is 87.8 Å². The van der Waals surface area contributed by atoms with Crippen LogP contribution in [0.4, 0.5) is 0 Å². The number of H-pyrrole nitrogens is 1. The molecule has 0 bridgehead atoms. The maximum absolute atomic E-state index is 13.8. The van der Waals surface area contributed by atoms with Gasteiger partial charge in [-0.15, -0.1) is 0 Å². The minimum absolute atomic E-state index is 0.142. The lowest BCUT2D eigenvalue weighted by Crippen LogP contribution is -2.61. The molecule has 29 heteroatoms. The Kier molecular flexibility index (Phi) is 24.5. The van der Waals surface area contributed by atoms with Crippen LogP contribution in [0.2, 0.25) is 0 Å². The van der Waals surface area contributed by atoms with E-state index in [0.717, 1.165) is 6.92 Å². The van der Waals surface area contributed by atoms with E-state index in [1.807, 2.05) is 0 Å². The van der Waals surface area contributed by atoms with Gasteiger partial charge in [0.05, 0.1) is 18.6 Å². The second-order valence-electron chi connectivity index (χ2n) is 17.8. The van der Waals surface area contributed by atoms with Crippen molar-refractivity contribution in [3.63, 3.8) is 0 Å². The molecule has 2 rings (SSSR count). The van der Waals surface area contributed by atoms with Gasteiger partial charge >= 0.3 is 11.9 Å². The van der Waals surface area contributed by atoms with E-state index in [1.54, 1.807) is 30.5 Å². The lowest BCUT2D eigenvalue weighted by atomic mass is 10.0. The monoisotopic (exact) mass is 1050 g/mol. The molecule has 0 aliphatic heterocycles. The number of para-hydroxylation sites is 1. The van der Waals surface area contributed by atoms with Crippen molar-refractivity contribution in [2.45, 2.75) is 146 Å². The van der Waals surface area contributed by atoms with Crippen LogP contribution in [0.3, 0.4) is 0 Å². The van der Waals surface area contributed by atoms with E-state index in [2.05, 4.69) is 47.5 Å². The molecular formula is C45H67N13O16. The molecule has 408 valence electrons. The number of carbonyl (C=O) groups is 13. The number of hydrogen-bond donors (Lipinski definition) is 16. The van der Waals surface area contributed by atoms with E-state index in [0.29, 0.717) is 16.5 Å². The predicted octanol–water partition coefficient (Wildman–Crippen LogP) is -5.65. The van der Waals surface area contributed by atoms with Gasteiger partial charge < -0.3 is 85.8 Å². The lowest BCUT2D eigenvalue weighted by Gasteiger charge is -2.28. The van der Waals surface area contributed by atoms with Gasteiger partial charge in [0, 0.05) is 42.8 Å². The van der Waals surface area contributed by atoms with Crippen molar-refractivity contribution in [3.8, 4) is 0 Å². The first kappa shape index (κ1) is 61.9. The average Bonchev–Trinajstić information content (AvgIpc) is 3.72. The third-order valence-electron chi connectivity index (χ3n) is 11.2. The van der Waals surface area contributed by atoms with E-state index in [-0.39, 0.29) is 19.3 Å². The number of nitrogens with one attached hydrogen (secondary N) is 9. The molecule has 1 heterocycles. The summed E-state index contributed by atoms with van der Waals surface area (Å²) in [6.07, 6.45) is -3.84. The van der Waals surface area contributed by atoms with E-state index >= 15 is 0 Å². The van der Waals surface area contributed by atoms with Gasteiger partial charge in [0.1, 0.15) is 48.3 Å². The van der Waals surface area contributed by atoms with Crippen LogP contribution in [-0.4, -0.2) is 158 Å². The van der Waals surface area contributed by atoms with Crippen LogP contribution in [0.5, 0.6) is 0 Å². The Morgan fingerprint density at radius 2 is 0.986 bits per heavy atom. The fourth-order valence-electron chi connectivity index (χ4n) is 6.98. The van der Waals surface area contributed by atoms with Gasteiger partial charge in [0.25, 0.3) is 0 Å². The van der Waals surface area contributed by atoms with Gasteiger partial charge in [0.15, 0.2) is 0 Å². The maximum atomic E-state index is 13.8. The summed E-state index contributed by atoms with van der Waals surface area (Å²) in [6, 6.07) is -7.17. The summed E-state index contributed by atoms with van der Waals surface area (Å²) < 4.78 is 0. The van der Waals surface area contributed by atoms with Crippen LogP contribution in [0, 0.1) is 5.92 Å². The summed E-state index contributed by atoms with van der Waals surface area (Å²) >= 11 is 0. The summed E-state index contributed by atoms with van der Waals surface area (Å²) in [5.74, 6) is -14.9. The van der Waals surface area contributed by atoms with Crippen LogP contribution in [-0.2, 0) is 68.7 Å². The van der Waals surface area contributed by atoms with Crippen LogP contribution < -0.4 is 65.5 Å². The zero-order valence-electron chi connectivity index (χ0n) is 41.4. The highest BCUT2D eigenvalue weighted by Gasteiger charge is 2.36. The van der Waals surface area contributed by atoms with Crippen molar-refractivity contribution < 1.29 is 77.6 Å². The molecule has 0 aliphatic rings. The number of rotatable bonds is 32. The standard InChI is InChI=1S/C45H67N13O16/c1-19(2)35(43(71)52-20(3)37(65)55-29(17-33(49)62)42(70)56-30(45(73)74)16-23-18-50-26-9-7-6-8-24(23)26)57-41(69)28(12-15-34(63)64)53-40(68)27(11-14-32(48)61)54-44(72)36(22(5)59)58-38(66)21(4)51-39(67)25(46)10-13-31(47)60/h6-9,18-22,25,27-30,35-36,50,59H,10-17,46H2,1-5H3,(H2,47,60)(H2,48,61)(H2,49,62)(H,51,67)(H,52,71)(H,53,68)(H,54,72)(H,55,65)(H,56,70)(H,57,69)(H,58,66)(H,63,64)(H,73,74)/t20-,21-,22+,25-,27-,28-,29-,30-,35-,36-/m0/s1. The smallest absolute Gasteiger partial charge is 0.326 e. The molecule has 0 unspecified atom stereocenters. The number of aliphatic hydroxyl groups excluding tert-OH is 1. The number of amides is 11. The number of carbonyl (C=O) groups excluding carboxylic acids is 11. The fraction of sp³-hybridized carbons (Fsp3) is 0.533. The minimum atomic E-state index is -1.81. The fourth-order valence-corrected chi connectivity index (χ4v) is 6.98. The number of hydrogen-bond acceptors (Lipinski definition) is 15. The van der Waals surface area contributed by atoms with Crippen molar-refractivity contribution in [2.75, 3.05) is 0 Å². The number of aromatic amines is 1. The molecule has 0 fully saturated rings. The summed E-state index contributed by atoms with van der Waals surface area (Å²) in [7, 11) is 0. The first-order chi connectivity index (χ1) is 34.5. The van der Waals surface area contributed by atoms with Crippen molar-refractivity contribution in [2.24, 2.45) is 28.9 Å². The first-order valence-corrected chi connectivity index (χ1v) is 23.2. The number of carboxylic acids is 2. The van der Waals surface area contributed by atoms with Crippen LogP contribution in [0.15, 0.2) is 30.5 Å². The van der Waals surface area contributed by atoms with Gasteiger partial charge in [-0.1, -0.05) is 32.0 Å². The molecular weight excluding hydrogens is 979 g/mol. The van der Waals surface area contributed by atoms with Gasteiger partial charge in [-0.25, -0.2) is 4.79 Å². The van der Waals surface area contributed by atoms with E-state index in [4.69, 9.17) is 22.9 Å². The number of aliphatic hydroxyl groups is 1. The minimum Gasteiger partial charge on any atom is -0.481 e. The highest BCUT2D eigenvalue weighted by atomic mass is 16.4. The van der Waals surface area contributed by atoms with Crippen LogP contribution in [0.1, 0.15) is 85.1 Å². The maximum Gasteiger partial charge on any atom is 0.326 e. The lowest BCUT2D eigenvalue weighted by molar-refractivity contribution is -0.142. The Morgan fingerprint density at radius 3 is 1.53 bits per heavy atom. The van der Waals surface area contributed by atoms with Crippen LogP contribution in [0.25, 0.3) is 10.9 Å². The highest BCUT2D eigenvalue weighted by molar-refractivity contribution is 5.99. The van der Waals surface area contributed by atoms with Gasteiger partial charge in [0.2, 0.25) is 65.0 Å². The molecule has 10 atom stereocenters. The SMILES string of the molecule is CC(C)[C@H](NC(=O)[C@H](CCC(=O)O)NC(=O)[C@H](CCC(N)=O)NC(=O)[C@@H](NC(=O)[C@H](C)NC(=O)[C@@H](N)CCC(N)=O)[C@@H](C)O)C(=O)N[C@@H](C)C(=O)N[C@@H](CC(N)=O)C(=O)N[C@@H](Cc1c[nH]c2ccccc12)C(=O)O. The topological polar surface area (TPSA) is 499 Å². The largest absolute Gasteiger partial charge is 0.481 e. The highest BCUT2D eigenvalue weighted by Crippen LogP contribution is 2.19. The Hall–Kier alpha value is -8.21. The number of aromatic nitrogens is 1. The normalized spacial score (nSPS) is 15.1. The van der Waals surface area contributed by atoms with Crippen molar-refractivity contribution in [1.82, 2.24) is 47.5 Å². The Morgan fingerprint density at radius 1 is 0.527 bits per heavy atom. The Labute approximate surface area is 423 Å². The number of aliphatic carboxylic acids is 2. The van der Waals surface area contributed by atoms with E-state index in [1.165, 1.54) is 27.7 Å². The molecule has 1 aromatic carbocycles. The first-order valence-electron chi connectivity index (χ1n) is 23.2. The van der Waals surface area contributed by atoms with Gasteiger partial charge in [-0.2, -0.15) is 0 Å². The number of carboxylic acid groups (broad SMARTS) is 2. The molecule has 1 aromatic heterocycles. The zero-order valence-corrected chi connectivity index (χ0v) is 41.4. The third kappa shape index (κ3) is 20.5. The van der Waals surface area contributed by atoms with Gasteiger partial charge in [-0.3, -0.25) is 57.5 Å². The number of fused-ring (bicyclic) bond motifs is 1. The van der Waals surface area contributed by atoms with Crippen molar-refractivity contribution in [1.29, 1.82) is 0 Å². The molecule has 0 aliphatic carbocycles. The molecule has 11 amide bonds. The second kappa shape index (κ2) is 29.3. The second-order valence-corrected chi connectivity index (χ2v) is 17.8. The molecule has 0 spiro atoms.